The minimum Gasteiger partial charge on any atom is -0.319 e. The molecule has 1 aliphatic heterocycles. The van der Waals surface area contributed by atoms with Gasteiger partial charge in [0.25, 0.3) is 11.5 Å². The number of nitrogens with zero attached hydrogens (tertiary/aromatic N) is 5. The molecule has 1 fully saturated rings. The highest BCUT2D eigenvalue weighted by atomic mass is 16.2. The van der Waals surface area contributed by atoms with Crippen LogP contribution in [0.1, 0.15) is 18.3 Å². The van der Waals surface area contributed by atoms with Crippen LogP contribution in [0.15, 0.2) is 71.5 Å². The molecule has 0 aliphatic carbocycles. The number of carbonyl (C=O) groups excluding carboxylic acids is 2. The van der Waals surface area contributed by atoms with Crippen molar-refractivity contribution in [3.8, 4) is 0 Å². The molecule has 2 aromatic heterocycles. The Morgan fingerprint density at radius 3 is 2.47 bits per heavy atom. The van der Waals surface area contributed by atoms with Gasteiger partial charge in [0.05, 0.1) is 17.4 Å². The minimum atomic E-state index is -1.21. The first kappa shape index (κ1) is 20.1. The third-order valence-electron chi connectivity index (χ3n) is 6.59. The monoisotopic (exact) mass is 452 g/mol. The van der Waals surface area contributed by atoms with Crippen molar-refractivity contribution in [2.45, 2.75) is 19.0 Å². The Hall–Kier alpha value is -4.53. The second kappa shape index (κ2) is 6.98. The van der Waals surface area contributed by atoms with Crippen LogP contribution >= 0.6 is 0 Å². The van der Waals surface area contributed by atoms with E-state index in [1.54, 1.807) is 36.6 Å². The van der Waals surface area contributed by atoms with Crippen molar-refractivity contribution in [2.75, 3.05) is 0 Å². The fourth-order valence-electron chi connectivity index (χ4n) is 4.67. The quantitative estimate of drug-likeness (QED) is 0.424. The minimum absolute atomic E-state index is 0.0861. The summed E-state index contributed by atoms with van der Waals surface area (Å²) in [5, 5.41) is 13.8. The second-order valence-corrected chi connectivity index (χ2v) is 8.64. The number of hydrogen-bond donors (Lipinski definition) is 1. The molecule has 1 aliphatic rings. The van der Waals surface area contributed by atoms with Gasteiger partial charge in [-0.2, -0.15) is 0 Å². The molecule has 9 heteroatoms. The Kier molecular flexibility index (Phi) is 4.13. The molecule has 5 aromatic rings. The standard InChI is InChI=1S/C25H20N6O3/c1-25(17-12-11-15-7-3-4-8-16(15)13-17)22(33)30(24(34)26-25)14-20-27-28-23-29(2)21(32)18-9-5-6-10-19(18)31(20)23/h3-13H,14H2,1-2H3,(H,26,34). The van der Waals surface area contributed by atoms with Crippen molar-refractivity contribution in [3.05, 3.63) is 88.5 Å². The Morgan fingerprint density at radius 1 is 0.912 bits per heavy atom. The van der Waals surface area contributed by atoms with Gasteiger partial charge in [0.15, 0.2) is 5.82 Å². The molecule has 1 saturated heterocycles. The third-order valence-corrected chi connectivity index (χ3v) is 6.59. The molecule has 3 heterocycles. The maximum atomic E-state index is 13.6. The van der Waals surface area contributed by atoms with Gasteiger partial charge in [-0.3, -0.25) is 23.5 Å². The topological polar surface area (TPSA) is 102 Å². The van der Waals surface area contributed by atoms with E-state index in [1.807, 2.05) is 48.5 Å². The Bertz CT molecular complexity index is 1720. The number of imide groups is 1. The van der Waals surface area contributed by atoms with Crippen molar-refractivity contribution < 1.29 is 9.59 Å². The predicted octanol–water partition coefficient (Wildman–Crippen LogP) is 2.70. The molecule has 1 atom stereocenters. The first-order valence-electron chi connectivity index (χ1n) is 10.8. The van der Waals surface area contributed by atoms with E-state index in [0.29, 0.717) is 28.1 Å². The summed E-state index contributed by atoms with van der Waals surface area (Å²) in [5.41, 5.74) is -0.0897. The summed E-state index contributed by atoms with van der Waals surface area (Å²) in [6, 6.07) is 20.2. The largest absolute Gasteiger partial charge is 0.325 e. The molecular weight excluding hydrogens is 432 g/mol. The molecule has 34 heavy (non-hydrogen) atoms. The van der Waals surface area contributed by atoms with Crippen LogP contribution in [0.25, 0.3) is 27.5 Å². The molecule has 1 N–H and O–H groups in total. The normalized spacial score (nSPS) is 18.4. The van der Waals surface area contributed by atoms with Crippen LogP contribution in [-0.2, 0) is 23.9 Å². The van der Waals surface area contributed by atoms with Crippen LogP contribution in [0.2, 0.25) is 0 Å². The Balaban J connectivity index is 1.43. The second-order valence-electron chi connectivity index (χ2n) is 8.64. The summed E-state index contributed by atoms with van der Waals surface area (Å²) in [6.45, 7) is 1.62. The molecule has 0 bridgehead atoms. The van der Waals surface area contributed by atoms with E-state index in [-0.39, 0.29) is 18.0 Å². The van der Waals surface area contributed by atoms with Gasteiger partial charge in [-0.15, -0.1) is 10.2 Å². The van der Waals surface area contributed by atoms with Crippen molar-refractivity contribution in [2.24, 2.45) is 7.05 Å². The number of rotatable bonds is 3. The van der Waals surface area contributed by atoms with Crippen molar-refractivity contribution in [3.63, 3.8) is 0 Å². The van der Waals surface area contributed by atoms with Gasteiger partial charge >= 0.3 is 6.03 Å². The van der Waals surface area contributed by atoms with Gasteiger partial charge in [0, 0.05) is 7.05 Å². The van der Waals surface area contributed by atoms with Crippen LogP contribution in [0.3, 0.4) is 0 Å². The number of benzene rings is 3. The third kappa shape index (κ3) is 2.70. The van der Waals surface area contributed by atoms with E-state index in [2.05, 4.69) is 15.5 Å². The Labute approximate surface area is 193 Å². The average Bonchev–Trinajstić information content (AvgIpc) is 3.37. The van der Waals surface area contributed by atoms with Crippen molar-refractivity contribution in [1.82, 2.24) is 29.4 Å². The number of amides is 3. The van der Waals surface area contributed by atoms with Gasteiger partial charge in [-0.1, -0.05) is 48.5 Å². The SMILES string of the molecule is Cn1c(=O)c2ccccc2n2c(CN3C(=O)NC(C)(c4ccc5ccccc5c4)C3=O)nnc12. The van der Waals surface area contributed by atoms with Crippen molar-refractivity contribution in [1.29, 1.82) is 0 Å². The first-order valence-corrected chi connectivity index (χ1v) is 10.8. The Morgan fingerprint density at radius 2 is 1.65 bits per heavy atom. The molecular formula is C25H20N6O3. The zero-order valence-corrected chi connectivity index (χ0v) is 18.5. The molecule has 0 radical (unpaired) electrons. The summed E-state index contributed by atoms with van der Waals surface area (Å²) in [5.74, 6) is 0.342. The number of para-hydroxylation sites is 1. The fourth-order valence-corrected chi connectivity index (χ4v) is 4.67. The molecule has 0 spiro atoms. The molecule has 168 valence electrons. The lowest BCUT2D eigenvalue weighted by Crippen LogP contribution is -2.40. The summed E-state index contributed by atoms with van der Waals surface area (Å²) in [4.78, 5) is 40.3. The van der Waals surface area contributed by atoms with E-state index in [1.165, 1.54) is 4.57 Å². The number of aromatic nitrogens is 4. The van der Waals surface area contributed by atoms with Gasteiger partial charge in [0.1, 0.15) is 5.54 Å². The van der Waals surface area contributed by atoms with E-state index in [0.717, 1.165) is 15.7 Å². The molecule has 9 nitrogen and oxygen atoms in total. The highest BCUT2D eigenvalue weighted by molar-refractivity contribution is 6.07. The lowest BCUT2D eigenvalue weighted by Gasteiger charge is -2.22. The number of carbonyl (C=O) groups is 2. The van der Waals surface area contributed by atoms with Gasteiger partial charge in [-0.25, -0.2) is 4.79 Å². The molecule has 6 rings (SSSR count). The summed E-state index contributed by atoms with van der Waals surface area (Å²) in [7, 11) is 1.62. The smallest absolute Gasteiger partial charge is 0.319 e. The summed E-state index contributed by atoms with van der Waals surface area (Å²) < 4.78 is 3.12. The predicted molar refractivity (Wildman–Crippen MR) is 126 cm³/mol. The molecule has 0 saturated carbocycles. The average molecular weight is 452 g/mol. The molecule has 1 unspecified atom stereocenters. The zero-order chi connectivity index (χ0) is 23.6. The number of urea groups is 1. The fraction of sp³-hybridized carbons (Fsp3) is 0.160. The summed E-state index contributed by atoms with van der Waals surface area (Å²) in [6.07, 6.45) is 0. The number of aryl methyl sites for hydroxylation is 1. The lowest BCUT2D eigenvalue weighted by atomic mass is 9.90. The summed E-state index contributed by atoms with van der Waals surface area (Å²) >= 11 is 0. The maximum Gasteiger partial charge on any atom is 0.325 e. The molecule has 3 aromatic carbocycles. The zero-order valence-electron chi connectivity index (χ0n) is 18.5. The lowest BCUT2D eigenvalue weighted by molar-refractivity contribution is -0.131. The first-order chi connectivity index (χ1) is 16.4. The van der Waals surface area contributed by atoms with Crippen LogP contribution < -0.4 is 10.9 Å². The molecule has 3 amide bonds. The van der Waals surface area contributed by atoms with Crippen LogP contribution in [0.4, 0.5) is 4.79 Å². The number of fused-ring (bicyclic) bond motifs is 4. The van der Waals surface area contributed by atoms with E-state index in [9.17, 15) is 14.4 Å². The van der Waals surface area contributed by atoms with E-state index < -0.39 is 11.6 Å². The number of nitrogens with one attached hydrogen (secondary N) is 1. The van der Waals surface area contributed by atoms with Crippen LogP contribution in [-0.4, -0.2) is 36.0 Å². The van der Waals surface area contributed by atoms with Gasteiger partial charge in [0.2, 0.25) is 5.78 Å². The highest BCUT2D eigenvalue weighted by Crippen LogP contribution is 2.32. The van der Waals surface area contributed by atoms with Crippen molar-refractivity contribution >= 4 is 39.4 Å². The number of hydrogen-bond acceptors (Lipinski definition) is 5. The van der Waals surface area contributed by atoms with Gasteiger partial charge in [-0.05, 0) is 41.5 Å². The van der Waals surface area contributed by atoms with Gasteiger partial charge < -0.3 is 5.32 Å². The van der Waals surface area contributed by atoms with E-state index in [4.69, 9.17) is 0 Å². The van der Waals surface area contributed by atoms with E-state index >= 15 is 0 Å². The maximum absolute atomic E-state index is 13.6. The van der Waals surface area contributed by atoms with Crippen LogP contribution in [0, 0.1) is 0 Å². The highest BCUT2D eigenvalue weighted by Gasteiger charge is 2.49. The van der Waals surface area contributed by atoms with Crippen LogP contribution in [0.5, 0.6) is 0 Å².